The van der Waals surface area contributed by atoms with Gasteiger partial charge in [0.2, 0.25) is 0 Å². The Morgan fingerprint density at radius 2 is 2.37 bits per heavy atom. The first-order chi connectivity index (χ1) is 8.86. The van der Waals surface area contributed by atoms with E-state index >= 15 is 0 Å². The molecule has 1 aromatic heterocycles. The highest BCUT2D eigenvalue weighted by atomic mass is 79.9. The van der Waals surface area contributed by atoms with Gasteiger partial charge in [-0.2, -0.15) is 0 Å². The first kappa shape index (κ1) is 16.5. The lowest BCUT2D eigenvalue weighted by Gasteiger charge is -2.25. The average Bonchev–Trinajstić information content (AvgIpc) is 2.31. The van der Waals surface area contributed by atoms with E-state index in [0.29, 0.717) is 13.0 Å². The minimum atomic E-state index is -0.969. The predicted molar refractivity (Wildman–Crippen MR) is 81.1 cm³/mol. The summed E-state index contributed by atoms with van der Waals surface area (Å²) in [4.78, 5) is 16.0. The van der Waals surface area contributed by atoms with E-state index in [1.807, 2.05) is 19.1 Å². The molecule has 6 heteroatoms. The number of hydrogen-bond donors (Lipinski definition) is 1. The number of hydrogen-bond acceptors (Lipinski definition) is 5. The van der Waals surface area contributed by atoms with Gasteiger partial charge in [0.25, 0.3) is 0 Å². The van der Waals surface area contributed by atoms with Crippen LogP contribution >= 0.6 is 27.7 Å². The second kappa shape index (κ2) is 7.26. The Labute approximate surface area is 126 Å². The number of thioether (sulfide) groups is 1. The van der Waals surface area contributed by atoms with Crippen LogP contribution in [0.5, 0.6) is 0 Å². The van der Waals surface area contributed by atoms with Crippen LogP contribution in [0.4, 0.5) is 0 Å². The van der Waals surface area contributed by atoms with Gasteiger partial charge in [0.15, 0.2) is 0 Å². The molecule has 0 bridgehead atoms. The molecular formula is C13H19BrN2O2S. The number of rotatable bonds is 6. The maximum absolute atomic E-state index is 11.7. The van der Waals surface area contributed by atoms with Gasteiger partial charge in [0.05, 0.1) is 6.61 Å². The van der Waals surface area contributed by atoms with Crippen LogP contribution < -0.4 is 5.73 Å². The molecule has 0 aliphatic rings. The fraction of sp³-hybridized carbons (Fsp3) is 0.538. The van der Waals surface area contributed by atoms with Crippen LogP contribution in [0.3, 0.4) is 0 Å². The molecule has 1 aromatic rings. The van der Waals surface area contributed by atoms with E-state index in [1.165, 1.54) is 0 Å². The fourth-order valence-corrected chi connectivity index (χ4v) is 3.31. The minimum Gasteiger partial charge on any atom is -0.465 e. The number of nitrogens with zero attached hydrogens (tertiary/aromatic N) is 1. The number of esters is 1. The van der Waals surface area contributed by atoms with Gasteiger partial charge in [-0.15, -0.1) is 11.8 Å². The SMILES string of the molecule is CCOC(=O)C(C)(N)CC(C)Sc1ncccc1Br. The first-order valence-corrected chi connectivity index (χ1v) is 7.77. The smallest absolute Gasteiger partial charge is 0.325 e. The van der Waals surface area contributed by atoms with Gasteiger partial charge in [-0.1, -0.05) is 6.92 Å². The second-order valence-electron chi connectivity index (χ2n) is 4.56. The number of carbonyl (C=O) groups excluding carboxylic acids is 1. The third-order valence-corrected chi connectivity index (χ3v) is 4.51. The maximum Gasteiger partial charge on any atom is 0.325 e. The van der Waals surface area contributed by atoms with Gasteiger partial charge < -0.3 is 10.5 Å². The summed E-state index contributed by atoms with van der Waals surface area (Å²) in [7, 11) is 0. The summed E-state index contributed by atoms with van der Waals surface area (Å²) in [5, 5.41) is 1.06. The molecule has 0 aliphatic carbocycles. The van der Waals surface area contributed by atoms with E-state index in [9.17, 15) is 4.79 Å². The van der Waals surface area contributed by atoms with Crippen LogP contribution in [0, 0.1) is 0 Å². The van der Waals surface area contributed by atoms with Crippen LogP contribution in [0.2, 0.25) is 0 Å². The van der Waals surface area contributed by atoms with Crippen molar-refractivity contribution in [1.29, 1.82) is 0 Å². The highest BCUT2D eigenvalue weighted by Gasteiger charge is 2.32. The molecule has 0 fully saturated rings. The van der Waals surface area contributed by atoms with E-state index in [-0.39, 0.29) is 11.2 Å². The van der Waals surface area contributed by atoms with E-state index in [2.05, 4.69) is 20.9 Å². The number of carbonyl (C=O) groups is 1. The van der Waals surface area contributed by atoms with Crippen LogP contribution in [0.15, 0.2) is 27.8 Å². The van der Waals surface area contributed by atoms with Gasteiger partial charge >= 0.3 is 5.97 Å². The van der Waals surface area contributed by atoms with Gasteiger partial charge in [-0.3, -0.25) is 4.79 Å². The molecule has 0 saturated heterocycles. The molecule has 4 nitrogen and oxygen atoms in total. The number of pyridine rings is 1. The van der Waals surface area contributed by atoms with Crippen LogP contribution in [0.25, 0.3) is 0 Å². The van der Waals surface area contributed by atoms with Crippen molar-refractivity contribution in [3.05, 3.63) is 22.8 Å². The average molecular weight is 347 g/mol. The summed E-state index contributed by atoms with van der Waals surface area (Å²) < 4.78 is 5.93. The normalized spacial score (nSPS) is 15.6. The Morgan fingerprint density at radius 1 is 1.68 bits per heavy atom. The molecule has 2 atom stereocenters. The van der Waals surface area contributed by atoms with E-state index < -0.39 is 5.54 Å². The Hall–Kier alpha value is -0.590. The Balaban J connectivity index is 2.62. The third kappa shape index (κ3) is 5.12. The lowest BCUT2D eigenvalue weighted by Crippen LogP contribution is -2.47. The number of ether oxygens (including phenoxy) is 1. The third-order valence-electron chi connectivity index (χ3n) is 2.49. The summed E-state index contributed by atoms with van der Waals surface area (Å²) in [5.74, 6) is -0.359. The summed E-state index contributed by atoms with van der Waals surface area (Å²) in [5.41, 5.74) is 5.05. The molecule has 19 heavy (non-hydrogen) atoms. The van der Waals surface area contributed by atoms with E-state index in [1.54, 1.807) is 31.8 Å². The Bertz CT molecular complexity index is 440. The monoisotopic (exact) mass is 346 g/mol. The van der Waals surface area contributed by atoms with Gasteiger partial charge in [0.1, 0.15) is 10.6 Å². The summed E-state index contributed by atoms with van der Waals surface area (Å²) in [6.07, 6.45) is 2.27. The maximum atomic E-state index is 11.7. The summed E-state index contributed by atoms with van der Waals surface area (Å²) in [6, 6.07) is 3.81. The Kier molecular flexibility index (Phi) is 6.29. The van der Waals surface area contributed by atoms with Crippen molar-refractivity contribution in [3.8, 4) is 0 Å². The number of halogens is 1. The highest BCUT2D eigenvalue weighted by Crippen LogP contribution is 2.31. The topological polar surface area (TPSA) is 65.2 Å². The van der Waals surface area contributed by atoms with Crippen molar-refractivity contribution in [2.24, 2.45) is 5.73 Å². The molecule has 0 radical (unpaired) electrons. The van der Waals surface area contributed by atoms with Crippen LogP contribution in [-0.4, -0.2) is 28.3 Å². The standard InChI is InChI=1S/C13H19BrN2O2S/c1-4-18-12(17)13(3,15)8-9(2)19-11-10(14)6-5-7-16-11/h5-7,9H,4,8,15H2,1-3H3. The van der Waals surface area contributed by atoms with Crippen molar-refractivity contribution in [1.82, 2.24) is 4.98 Å². The molecule has 1 heterocycles. The molecule has 0 saturated carbocycles. The van der Waals surface area contributed by atoms with Gasteiger partial charge in [-0.25, -0.2) is 4.98 Å². The van der Waals surface area contributed by atoms with Crippen molar-refractivity contribution in [2.45, 2.75) is 43.0 Å². The molecule has 2 unspecified atom stereocenters. The number of aromatic nitrogens is 1. The van der Waals surface area contributed by atoms with Crippen LogP contribution in [-0.2, 0) is 9.53 Å². The molecule has 1 rings (SSSR count). The van der Waals surface area contributed by atoms with Gasteiger partial charge in [0, 0.05) is 15.9 Å². The fourth-order valence-electron chi connectivity index (χ4n) is 1.67. The first-order valence-electron chi connectivity index (χ1n) is 6.10. The van der Waals surface area contributed by atoms with Crippen molar-refractivity contribution >= 4 is 33.7 Å². The number of nitrogens with two attached hydrogens (primary N) is 1. The van der Waals surface area contributed by atoms with Crippen LogP contribution in [0.1, 0.15) is 27.2 Å². The molecule has 0 amide bonds. The molecular weight excluding hydrogens is 328 g/mol. The molecule has 2 N–H and O–H groups in total. The zero-order valence-electron chi connectivity index (χ0n) is 11.4. The van der Waals surface area contributed by atoms with E-state index in [0.717, 1.165) is 9.50 Å². The highest BCUT2D eigenvalue weighted by molar-refractivity contribution is 9.10. The molecule has 0 spiro atoms. The van der Waals surface area contributed by atoms with Gasteiger partial charge in [-0.05, 0) is 48.3 Å². The second-order valence-corrected chi connectivity index (χ2v) is 6.84. The summed E-state index contributed by atoms with van der Waals surface area (Å²) in [6.45, 7) is 5.85. The van der Waals surface area contributed by atoms with Crippen molar-refractivity contribution < 1.29 is 9.53 Å². The quantitative estimate of drug-likeness (QED) is 0.633. The van der Waals surface area contributed by atoms with Crippen molar-refractivity contribution in [3.63, 3.8) is 0 Å². The zero-order chi connectivity index (χ0) is 14.5. The molecule has 106 valence electrons. The predicted octanol–water partition coefficient (Wildman–Crippen LogP) is 3.00. The molecule has 0 aliphatic heterocycles. The van der Waals surface area contributed by atoms with Crippen molar-refractivity contribution in [2.75, 3.05) is 6.61 Å². The molecule has 0 aromatic carbocycles. The van der Waals surface area contributed by atoms with E-state index in [4.69, 9.17) is 10.5 Å². The lowest BCUT2D eigenvalue weighted by atomic mass is 9.98. The lowest BCUT2D eigenvalue weighted by molar-refractivity contribution is -0.149. The largest absolute Gasteiger partial charge is 0.465 e. The Morgan fingerprint density at radius 3 is 2.95 bits per heavy atom. The minimum absolute atomic E-state index is 0.158. The summed E-state index contributed by atoms with van der Waals surface area (Å²) >= 11 is 5.04. The zero-order valence-corrected chi connectivity index (χ0v) is 13.8.